The highest BCUT2D eigenvalue weighted by atomic mass is 19.1. The van der Waals surface area contributed by atoms with Crippen LogP contribution in [0.25, 0.3) is 0 Å². The van der Waals surface area contributed by atoms with Gasteiger partial charge in [0.2, 0.25) is 5.78 Å². The lowest BCUT2D eigenvalue weighted by atomic mass is 9.44. The molecule has 0 radical (unpaired) electrons. The summed E-state index contributed by atoms with van der Waals surface area (Å²) >= 11 is 0. The molecule has 0 aromatic rings. The SMILES string of the molecule is CC(=O)OCC(=O)[C@@]1(O)[C@H](C)CC2C3CCC4=CC(=O)C=C[C@]4(C)[C@@]3(F)[C@@H](O)C[C@@]21C. The molecule has 31 heavy (non-hydrogen) atoms. The van der Waals surface area contributed by atoms with Gasteiger partial charge in [-0.1, -0.05) is 25.5 Å². The van der Waals surface area contributed by atoms with Crippen LogP contribution in [0.1, 0.15) is 53.4 Å². The number of hydrogen-bond acceptors (Lipinski definition) is 6. The van der Waals surface area contributed by atoms with Gasteiger partial charge in [-0.05, 0) is 56.6 Å². The number of ketones is 2. The van der Waals surface area contributed by atoms with Crippen molar-refractivity contribution in [2.75, 3.05) is 6.61 Å². The van der Waals surface area contributed by atoms with Gasteiger partial charge in [0.15, 0.2) is 18.1 Å². The Morgan fingerprint density at radius 3 is 2.61 bits per heavy atom. The molecule has 0 aromatic carbocycles. The highest BCUT2D eigenvalue weighted by Crippen LogP contribution is 2.70. The lowest BCUT2D eigenvalue weighted by Gasteiger charge is -2.62. The third-order valence-electron chi connectivity index (χ3n) is 9.05. The number of fused-ring (bicyclic) bond motifs is 5. The van der Waals surface area contributed by atoms with Gasteiger partial charge in [-0.2, -0.15) is 0 Å². The number of carbonyl (C=O) groups excluding carboxylic acids is 3. The molecule has 2 unspecified atom stereocenters. The maximum Gasteiger partial charge on any atom is 0.303 e. The fourth-order valence-corrected chi connectivity index (χ4v) is 7.42. The summed E-state index contributed by atoms with van der Waals surface area (Å²) in [6, 6.07) is 0. The van der Waals surface area contributed by atoms with E-state index in [1.54, 1.807) is 26.8 Å². The Hall–Kier alpha value is -1.86. The quantitative estimate of drug-likeness (QED) is 0.662. The van der Waals surface area contributed by atoms with Gasteiger partial charge in [0.05, 0.1) is 6.10 Å². The van der Waals surface area contributed by atoms with E-state index in [9.17, 15) is 24.6 Å². The van der Waals surface area contributed by atoms with Crippen molar-refractivity contribution in [1.82, 2.24) is 0 Å². The van der Waals surface area contributed by atoms with Crippen molar-refractivity contribution in [2.24, 2.45) is 28.6 Å². The van der Waals surface area contributed by atoms with Crippen molar-refractivity contribution in [2.45, 2.75) is 70.8 Å². The van der Waals surface area contributed by atoms with Crippen molar-refractivity contribution < 1.29 is 33.7 Å². The molecule has 0 amide bonds. The molecule has 0 bridgehead atoms. The summed E-state index contributed by atoms with van der Waals surface area (Å²) in [5, 5.41) is 22.9. The summed E-state index contributed by atoms with van der Waals surface area (Å²) in [4.78, 5) is 36.2. The minimum Gasteiger partial charge on any atom is -0.458 e. The minimum absolute atomic E-state index is 0.0953. The minimum atomic E-state index is -2.01. The van der Waals surface area contributed by atoms with Crippen LogP contribution in [0, 0.1) is 28.6 Å². The topological polar surface area (TPSA) is 101 Å². The second-order valence-corrected chi connectivity index (χ2v) is 10.4. The number of esters is 1. The zero-order valence-electron chi connectivity index (χ0n) is 18.5. The molecule has 3 saturated carbocycles. The summed E-state index contributed by atoms with van der Waals surface area (Å²) < 4.78 is 21.9. The molecule has 6 nitrogen and oxygen atoms in total. The van der Waals surface area contributed by atoms with E-state index in [1.807, 2.05) is 0 Å². The molecular weight excluding hydrogens is 403 g/mol. The average Bonchev–Trinajstić information content (AvgIpc) is 2.89. The first kappa shape index (κ1) is 22.3. The second kappa shape index (κ2) is 6.82. The van der Waals surface area contributed by atoms with Gasteiger partial charge in [-0.25, -0.2) is 4.39 Å². The number of ether oxygens (including phenoxy) is 1. The summed E-state index contributed by atoms with van der Waals surface area (Å²) in [5.74, 6) is -2.80. The van der Waals surface area contributed by atoms with Gasteiger partial charge in [0.1, 0.15) is 5.60 Å². The summed E-state index contributed by atoms with van der Waals surface area (Å²) in [7, 11) is 0. The Labute approximate surface area is 181 Å². The van der Waals surface area contributed by atoms with E-state index in [0.717, 1.165) is 0 Å². The Morgan fingerprint density at radius 1 is 1.29 bits per heavy atom. The highest BCUT2D eigenvalue weighted by Gasteiger charge is 2.75. The number of carbonyl (C=O) groups is 3. The zero-order chi connectivity index (χ0) is 23.0. The predicted octanol–water partition coefficient (Wildman–Crippen LogP) is 2.47. The summed E-state index contributed by atoms with van der Waals surface area (Å²) in [5.41, 5.74) is -5.33. The molecular formula is C24H31FO6. The summed E-state index contributed by atoms with van der Waals surface area (Å²) in [6.07, 6.45) is 4.29. The van der Waals surface area contributed by atoms with Crippen molar-refractivity contribution in [1.29, 1.82) is 0 Å². The molecule has 0 aromatic heterocycles. The van der Waals surface area contributed by atoms with E-state index in [2.05, 4.69) is 0 Å². The van der Waals surface area contributed by atoms with Crippen molar-refractivity contribution >= 4 is 17.5 Å². The molecule has 0 heterocycles. The van der Waals surface area contributed by atoms with E-state index >= 15 is 4.39 Å². The van der Waals surface area contributed by atoms with Crippen LogP contribution >= 0.6 is 0 Å². The zero-order valence-corrected chi connectivity index (χ0v) is 18.5. The van der Waals surface area contributed by atoms with Crippen molar-refractivity contribution in [3.63, 3.8) is 0 Å². The smallest absolute Gasteiger partial charge is 0.303 e. The number of allylic oxidation sites excluding steroid dienone is 4. The first-order valence-corrected chi connectivity index (χ1v) is 11.0. The number of aliphatic hydroxyl groups excluding tert-OH is 1. The van der Waals surface area contributed by atoms with Gasteiger partial charge in [0, 0.05) is 23.7 Å². The maximum atomic E-state index is 17.0. The first-order chi connectivity index (χ1) is 14.3. The van der Waals surface area contributed by atoms with E-state index in [4.69, 9.17) is 4.74 Å². The summed E-state index contributed by atoms with van der Waals surface area (Å²) in [6.45, 7) is 5.89. The molecule has 0 saturated heterocycles. The number of rotatable bonds is 3. The van der Waals surface area contributed by atoms with Gasteiger partial charge >= 0.3 is 5.97 Å². The number of aliphatic hydroxyl groups is 2. The van der Waals surface area contributed by atoms with Crippen LogP contribution in [0.5, 0.6) is 0 Å². The molecule has 4 rings (SSSR count). The molecule has 4 aliphatic rings. The Morgan fingerprint density at radius 2 is 1.97 bits per heavy atom. The van der Waals surface area contributed by atoms with E-state index in [-0.39, 0.29) is 18.1 Å². The highest BCUT2D eigenvalue weighted by molar-refractivity contribution is 6.01. The van der Waals surface area contributed by atoms with Crippen LogP contribution in [0.4, 0.5) is 4.39 Å². The molecule has 0 spiro atoms. The fraction of sp³-hybridized carbons (Fsp3) is 0.708. The van der Waals surface area contributed by atoms with Gasteiger partial charge in [0.25, 0.3) is 0 Å². The van der Waals surface area contributed by atoms with Crippen LogP contribution in [0.15, 0.2) is 23.8 Å². The maximum absolute atomic E-state index is 17.0. The number of hydrogen-bond donors (Lipinski definition) is 2. The number of Topliss-reactive ketones (excluding diaryl/α,β-unsaturated/α-hetero) is 1. The number of alkyl halides is 1. The molecule has 7 heteroatoms. The Bertz CT molecular complexity index is 910. The molecule has 8 atom stereocenters. The van der Waals surface area contributed by atoms with Crippen molar-refractivity contribution in [3.8, 4) is 0 Å². The van der Waals surface area contributed by atoms with Crippen LogP contribution in [-0.4, -0.2) is 51.7 Å². The van der Waals surface area contributed by atoms with E-state index < -0.39 is 58.4 Å². The van der Waals surface area contributed by atoms with Gasteiger partial charge in [-0.15, -0.1) is 0 Å². The lowest BCUT2D eigenvalue weighted by molar-refractivity contribution is -0.219. The van der Waals surface area contributed by atoms with Crippen LogP contribution < -0.4 is 0 Å². The standard InChI is InChI=1S/C24H31FO6/c1-13-9-18-17-6-5-15-10-16(27)7-8-21(15,3)23(17,25)19(28)11-22(18,4)24(13,30)20(29)12-31-14(2)26/h7-8,10,13,17-19,28,30H,5-6,9,11-12H2,1-4H3/t13-,17?,18?,19+,21+,22+,23+,24+/m1/s1. The van der Waals surface area contributed by atoms with Crippen molar-refractivity contribution in [3.05, 3.63) is 23.8 Å². The molecule has 4 aliphatic carbocycles. The first-order valence-electron chi connectivity index (χ1n) is 11.0. The van der Waals surface area contributed by atoms with E-state index in [1.165, 1.54) is 19.1 Å². The van der Waals surface area contributed by atoms with Gasteiger partial charge < -0.3 is 14.9 Å². The van der Waals surface area contributed by atoms with Crippen LogP contribution in [-0.2, 0) is 19.1 Å². The number of halogens is 1. The Balaban J connectivity index is 1.76. The van der Waals surface area contributed by atoms with E-state index in [0.29, 0.717) is 24.8 Å². The van der Waals surface area contributed by atoms with Gasteiger partial charge in [-0.3, -0.25) is 14.4 Å². The molecule has 2 N–H and O–H groups in total. The normalized spacial score (nSPS) is 48.4. The molecule has 170 valence electrons. The largest absolute Gasteiger partial charge is 0.458 e. The third-order valence-corrected chi connectivity index (χ3v) is 9.05. The Kier molecular flexibility index (Phi) is 4.91. The van der Waals surface area contributed by atoms with Crippen LogP contribution in [0.3, 0.4) is 0 Å². The third kappa shape index (κ3) is 2.65. The monoisotopic (exact) mass is 434 g/mol. The average molecular weight is 435 g/mol. The molecule has 3 fully saturated rings. The molecule has 0 aliphatic heterocycles. The predicted molar refractivity (Wildman–Crippen MR) is 109 cm³/mol. The lowest BCUT2D eigenvalue weighted by Crippen LogP contribution is -2.69. The van der Waals surface area contributed by atoms with Crippen LogP contribution in [0.2, 0.25) is 0 Å². The second-order valence-electron chi connectivity index (χ2n) is 10.4. The fourth-order valence-electron chi connectivity index (χ4n) is 7.42.